The van der Waals surface area contributed by atoms with Gasteiger partial charge in [-0.25, -0.2) is 9.78 Å². The first kappa shape index (κ1) is 16.3. The van der Waals surface area contributed by atoms with Crippen LogP contribution >= 0.6 is 0 Å². The summed E-state index contributed by atoms with van der Waals surface area (Å²) in [5.41, 5.74) is 0.870. The number of esters is 1. The van der Waals surface area contributed by atoms with Gasteiger partial charge in [0, 0.05) is 12.1 Å². The Hall–Kier alpha value is -2.56. The molecular formula is C19H21NO4. The van der Waals surface area contributed by atoms with Crippen molar-refractivity contribution < 1.29 is 19.0 Å². The molecule has 1 aromatic carbocycles. The molecule has 0 bridgehead atoms. The first-order valence-corrected chi connectivity index (χ1v) is 8.18. The molecule has 126 valence electrons. The van der Waals surface area contributed by atoms with Gasteiger partial charge in [-0.2, -0.15) is 0 Å². The van der Waals surface area contributed by atoms with Crippen molar-refractivity contribution in [2.24, 2.45) is 0 Å². The van der Waals surface area contributed by atoms with E-state index in [1.54, 1.807) is 6.07 Å². The van der Waals surface area contributed by atoms with Crippen LogP contribution in [0.15, 0.2) is 42.5 Å². The molecule has 0 aliphatic heterocycles. The van der Waals surface area contributed by atoms with Crippen molar-refractivity contribution in [2.45, 2.75) is 38.4 Å². The zero-order valence-corrected chi connectivity index (χ0v) is 13.7. The molecule has 1 aliphatic rings. The van der Waals surface area contributed by atoms with Gasteiger partial charge in [0.05, 0.1) is 18.9 Å². The number of rotatable bonds is 6. The number of benzene rings is 1. The molecule has 0 spiro atoms. The van der Waals surface area contributed by atoms with E-state index in [9.17, 15) is 4.79 Å². The highest BCUT2D eigenvalue weighted by atomic mass is 16.5. The summed E-state index contributed by atoms with van der Waals surface area (Å²) in [6, 6.07) is 12.9. The van der Waals surface area contributed by atoms with Crippen LogP contribution in [0.1, 0.15) is 41.9 Å². The van der Waals surface area contributed by atoms with Gasteiger partial charge in [0.25, 0.3) is 0 Å². The maximum Gasteiger partial charge on any atom is 0.356 e. The van der Waals surface area contributed by atoms with Gasteiger partial charge in [0.2, 0.25) is 0 Å². The highest BCUT2D eigenvalue weighted by Gasteiger charge is 2.18. The van der Waals surface area contributed by atoms with Crippen LogP contribution in [0.3, 0.4) is 0 Å². The molecule has 3 rings (SSSR count). The highest BCUT2D eigenvalue weighted by Crippen LogP contribution is 2.25. The van der Waals surface area contributed by atoms with Crippen LogP contribution in [0, 0.1) is 0 Å². The zero-order chi connectivity index (χ0) is 16.8. The van der Waals surface area contributed by atoms with E-state index >= 15 is 0 Å². The Morgan fingerprint density at radius 3 is 2.58 bits per heavy atom. The fraction of sp³-hybridized carbons (Fsp3) is 0.368. The van der Waals surface area contributed by atoms with E-state index in [-0.39, 0.29) is 18.4 Å². The lowest BCUT2D eigenvalue weighted by Gasteiger charge is -2.15. The molecule has 5 heteroatoms. The highest BCUT2D eigenvalue weighted by molar-refractivity contribution is 5.87. The number of aromatic nitrogens is 1. The third kappa shape index (κ3) is 4.25. The van der Waals surface area contributed by atoms with Crippen molar-refractivity contribution >= 4 is 5.97 Å². The van der Waals surface area contributed by atoms with Gasteiger partial charge >= 0.3 is 5.97 Å². The first-order chi connectivity index (χ1) is 11.7. The van der Waals surface area contributed by atoms with Crippen molar-refractivity contribution in [3.05, 3.63) is 53.9 Å². The molecule has 0 atom stereocenters. The van der Waals surface area contributed by atoms with Gasteiger partial charge < -0.3 is 14.2 Å². The molecule has 0 amide bonds. The Bertz CT molecular complexity index is 681. The van der Waals surface area contributed by atoms with Gasteiger partial charge in [-0.1, -0.05) is 18.2 Å². The van der Waals surface area contributed by atoms with Crippen LogP contribution in [0.25, 0.3) is 0 Å². The summed E-state index contributed by atoms with van der Waals surface area (Å²) in [6.45, 7) is 0.260. The number of para-hydroxylation sites is 1. The van der Waals surface area contributed by atoms with Crippen molar-refractivity contribution in [3.8, 4) is 11.5 Å². The average Bonchev–Trinajstić information content (AvgIpc) is 3.13. The van der Waals surface area contributed by atoms with E-state index in [1.165, 1.54) is 20.0 Å². The normalized spacial score (nSPS) is 14.4. The van der Waals surface area contributed by atoms with Crippen LogP contribution < -0.4 is 9.47 Å². The summed E-state index contributed by atoms with van der Waals surface area (Å²) in [5.74, 6) is 0.915. The molecule has 1 fully saturated rings. The maximum absolute atomic E-state index is 11.8. The minimum Gasteiger partial charge on any atom is -0.490 e. The van der Waals surface area contributed by atoms with Crippen molar-refractivity contribution in [1.29, 1.82) is 0 Å². The second kappa shape index (κ2) is 7.81. The molecule has 5 nitrogen and oxygen atoms in total. The summed E-state index contributed by atoms with van der Waals surface area (Å²) >= 11 is 0. The van der Waals surface area contributed by atoms with Gasteiger partial charge in [-0.05, 0) is 37.8 Å². The number of ether oxygens (including phenoxy) is 3. The van der Waals surface area contributed by atoms with Crippen LogP contribution in [0.2, 0.25) is 0 Å². The molecule has 0 saturated heterocycles. The molecule has 1 saturated carbocycles. The summed E-state index contributed by atoms with van der Waals surface area (Å²) < 4.78 is 16.5. The third-order valence-electron chi connectivity index (χ3n) is 3.98. The lowest BCUT2D eigenvalue weighted by molar-refractivity contribution is 0.0592. The summed E-state index contributed by atoms with van der Waals surface area (Å²) in [7, 11) is 1.34. The Balaban J connectivity index is 1.76. The molecule has 1 heterocycles. The summed E-state index contributed by atoms with van der Waals surface area (Å²) in [5, 5.41) is 0. The number of methoxy groups -OCH3 is 1. The van der Waals surface area contributed by atoms with Gasteiger partial charge in [0.15, 0.2) is 5.69 Å². The van der Waals surface area contributed by atoms with Crippen LogP contribution in [-0.2, 0) is 11.3 Å². The molecular weight excluding hydrogens is 306 g/mol. The Morgan fingerprint density at radius 2 is 1.88 bits per heavy atom. The zero-order valence-electron chi connectivity index (χ0n) is 13.7. The number of nitrogens with zero attached hydrogens (tertiary/aromatic N) is 1. The first-order valence-electron chi connectivity index (χ1n) is 8.18. The standard InChI is InChI=1S/C19H21NO4/c1-22-19(21)18-12-17(24-16-9-5-6-10-16)11-14(20-18)13-23-15-7-3-2-4-8-15/h2-4,7-8,11-12,16H,5-6,9-10,13H2,1H3. The number of hydrogen-bond donors (Lipinski definition) is 0. The van der Waals surface area contributed by atoms with E-state index in [4.69, 9.17) is 14.2 Å². The molecule has 2 aromatic rings. The van der Waals surface area contributed by atoms with Gasteiger partial charge in [0.1, 0.15) is 18.1 Å². The molecule has 24 heavy (non-hydrogen) atoms. The summed E-state index contributed by atoms with van der Waals surface area (Å²) in [4.78, 5) is 16.2. The minimum atomic E-state index is -0.479. The van der Waals surface area contributed by atoms with Crippen molar-refractivity contribution in [2.75, 3.05) is 7.11 Å². The van der Waals surface area contributed by atoms with Gasteiger partial charge in [-0.15, -0.1) is 0 Å². The maximum atomic E-state index is 11.8. The molecule has 0 radical (unpaired) electrons. The lowest BCUT2D eigenvalue weighted by atomic mass is 10.2. The predicted molar refractivity (Wildman–Crippen MR) is 89.2 cm³/mol. The van der Waals surface area contributed by atoms with E-state index < -0.39 is 5.97 Å². The second-order valence-corrected chi connectivity index (χ2v) is 5.80. The van der Waals surface area contributed by atoms with E-state index in [2.05, 4.69) is 4.98 Å². The fourth-order valence-electron chi connectivity index (χ4n) is 2.78. The third-order valence-corrected chi connectivity index (χ3v) is 3.98. The topological polar surface area (TPSA) is 57.7 Å². The van der Waals surface area contributed by atoms with Gasteiger partial charge in [-0.3, -0.25) is 0 Å². The largest absolute Gasteiger partial charge is 0.490 e. The SMILES string of the molecule is COC(=O)c1cc(OC2CCCC2)cc(COc2ccccc2)n1. The van der Waals surface area contributed by atoms with Crippen molar-refractivity contribution in [3.63, 3.8) is 0 Å². The van der Waals surface area contributed by atoms with Crippen LogP contribution in [0.5, 0.6) is 11.5 Å². The molecule has 0 N–H and O–H groups in total. The Morgan fingerprint density at radius 1 is 1.12 bits per heavy atom. The fourth-order valence-corrected chi connectivity index (χ4v) is 2.78. The Labute approximate surface area is 141 Å². The minimum absolute atomic E-state index is 0.209. The number of hydrogen-bond acceptors (Lipinski definition) is 5. The number of pyridine rings is 1. The lowest BCUT2D eigenvalue weighted by Crippen LogP contribution is -2.13. The predicted octanol–water partition coefficient (Wildman–Crippen LogP) is 3.77. The second-order valence-electron chi connectivity index (χ2n) is 5.80. The molecule has 1 aliphatic carbocycles. The smallest absolute Gasteiger partial charge is 0.356 e. The molecule has 1 aromatic heterocycles. The quantitative estimate of drug-likeness (QED) is 0.756. The monoisotopic (exact) mass is 327 g/mol. The summed E-state index contributed by atoms with van der Waals surface area (Å²) in [6.07, 6.45) is 4.67. The van der Waals surface area contributed by atoms with Crippen LogP contribution in [-0.4, -0.2) is 24.2 Å². The Kier molecular flexibility index (Phi) is 5.31. The number of carbonyl (C=O) groups excluding carboxylic acids is 1. The average molecular weight is 327 g/mol. The van der Waals surface area contributed by atoms with E-state index in [1.807, 2.05) is 36.4 Å². The van der Waals surface area contributed by atoms with E-state index in [0.29, 0.717) is 11.4 Å². The number of carbonyl (C=O) groups is 1. The van der Waals surface area contributed by atoms with E-state index in [0.717, 1.165) is 18.6 Å². The van der Waals surface area contributed by atoms with Crippen LogP contribution in [0.4, 0.5) is 0 Å². The van der Waals surface area contributed by atoms with Crippen molar-refractivity contribution in [1.82, 2.24) is 4.98 Å². The molecule has 0 unspecified atom stereocenters.